The van der Waals surface area contributed by atoms with Crippen molar-refractivity contribution in [2.75, 3.05) is 15.9 Å². The maximum Gasteiger partial charge on any atom is 0.335 e. The summed E-state index contributed by atoms with van der Waals surface area (Å²) in [5.41, 5.74) is 3.74. The lowest BCUT2D eigenvalue weighted by atomic mass is 10.0. The van der Waals surface area contributed by atoms with Gasteiger partial charge in [0.2, 0.25) is 10.0 Å². The summed E-state index contributed by atoms with van der Waals surface area (Å²) in [6.07, 6.45) is 4.70. The maximum atomic E-state index is 11.6. The summed E-state index contributed by atoms with van der Waals surface area (Å²) in [5, 5.41) is 13.4. The molecule has 3 N–H and O–H groups in total. The summed E-state index contributed by atoms with van der Waals surface area (Å²) in [4.78, 5) is 18.1. The normalized spacial score (nSPS) is 17.4. The molecule has 1 fully saturated rings. The van der Waals surface area contributed by atoms with Gasteiger partial charge in [-0.15, -0.1) is 0 Å². The van der Waals surface area contributed by atoms with E-state index in [1.807, 2.05) is 52.1 Å². The molecule has 0 amide bonds. The average molecular weight is 534 g/mol. The molecule has 1 aliphatic heterocycles. The van der Waals surface area contributed by atoms with Crippen molar-refractivity contribution >= 4 is 44.7 Å². The van der Waals surface area contributed by atoms with Gasteiger partial charge in [-0.25, -0.2) is 13.2 Å². The quantitative estimate of drug-likeness (QED) is 0.304. The van der Waals surface area contributed by atoms with Gasteiger partial charge in [0.05, 0.1) is 23.6 Å². The molecular weight excluding hydrogens is 510 g/mol. The van der Waals surface area contributed by atoms with E-state index in [2.05, 4.69) is 15.0 Å². The van der Waals surface area contributed by atoms with Crippen LogP contribution in [0.5, 0.6) is 0 Å². The topological polar surface area (TPSA) is 117 Å². The number of carbonyl (C=O) groups is 1. The van der Waals surface area contributed by atoms with E-state index in [0.717, 1.165) is 23.3 Å². The Hall–Kier alpha value is -4.22. The molecule has 1 saturated heterocycles. The molecule has 11 heteroatoms. The highest BCUT2D eigenvalue weighted by atomic mass is 32.2. The summed E-state index contributed by atoms with van der Waals surface area (Å²) < 4.78 is 27.7. The molecule has 1 aliphatic rings. The van der Waals surface area contributed by atoms with Crippen molar-refractivity contribution in [1.82, 2.24) is 14.9 Å². The minimum absolute atomic E-state index is 0.185. The van der Waals surface area contributed by atoms with Crippen molar-refractivity contribution in [1.29, 1.82) is 0 Å². The molecule has 2 aromatic carbocycles. The molecule has 3 heterocycles. The van der Waals surface area contributed by atoms with Crippen molar-refractivity contribution in [3.8, 4) is 5.69 Å². The zero-order valence-corrected chi connectivity index (χ0v) is 21.3. The van der Waals surface area contributed by atoms with E-state index in [1.54, 1.807) is 48.7 Å². The number of pyridine rings is 1. The Labute approximate surface area is 219 Å². The third kappa shape index (κ3) is 5.04. The number of benzene rings is 2. The predicted octanol–water partition coefficient (Wildman–Crippen LogP) is 4.12. The molecular formula is C26H23N5O4S2. The molecule has 4 aromatic rings. The van der Waals surface area contributed by atoms with Crippen molar-refractivity contribution in [3.63, 3.8) is 0 Å². The summed E-state index contributed by atoms with van der Waals surface area (Å²) in [7, 11) is -3.41. The highest BCUT2D eigenvalue weighted by Crippen LogP contribution is 2.42. The second-order valence-corrected chi connectivity index (χ2v) is 10.7. The van der Waals surface area contributed by atoms with E-state index in [4.69, 9.17) is 12.2 Å². The van der Waals surface area contributed by atoms with Crippen LogP contribution in [0.2, 0.25) is 0 Å². The number of nitrogens with one attached hydrogen (secondary N) is 2. The van der Waals surface area contributed by atoms with E-state index in [1.165, 1.54) is 0 Å². The molecule has 0 spiro atoms. The second kappa shape index (κ2) is 9.68. The molecule has 2 aromatic heterocycles. The lowest BCUT2D eigenvalue weighted by Crippen LogP contribution is -2.30. The van der Waals surface area contributed by atoms with E-state index < -0.39 is 16.0 Å². The van der Waals surface area contributed by atoms with Gasteiger partial charge in [0.25, 0.3) is 0 Å². The fourth-order valence-electron chi connectivity index (χ4n) is 4.50. The van der Waals surface area contributed by atoms with Crippen LogP contribution in [-0.2, 0) is 10.0 Å². The smallest absolute Gasteiger partial charge is 0.335 e. The first-order valence-corrected chi connectivity index (χ1v) is 13.6. The number of carboxylic acids is 1. The van der Waals surface area contributed by atoms with Crippen LogP contribution in [0, 0.1) is 0 Å². The van der Waals surface area contributed by atoms with Gasteiger partial charge in [-0.05, 0) is 78.9 Å². The number of anilines is 2. The van der Waals surface area contributed by atoms with Crippen molar-refractivity contribution in [2.24, 2.45) is 0 Å². The van der Waals surface area contributed by atoms with Gasteiger partial charge in [-0.2, -0.15) is 0 Å². The monoisotopic (exact) mass is 533 g/mol. The lowest BCUT2D eigenvalue weighted by Gasteiger charge is -2.29. The van der Waals surface area contributed by atoms with Crippen LogP contribution in [0.4, 0.5) is 11.4 Å². The first-order valence-electron chi connectivity index (χ1n) is 11.3. The zero-order valence-electron chi connectivity index (χ0n) is 19.6. The Morgan fingerprint density at radius 1 is 1.03 bits per heavy atom. The Morgan fingerprint density at radius 3 is 2.49 bits per heavy atom. The lowest BCUT2D eigenvalue weighted by molar-refractivity contribution is 0.0697. The summed E-state index contributed by atoms with van der Waals surface area (Å²) in [6.45, 7) is 0. The molecule has 0 bridgehead atoms. The Kier molecular flexibility index (Phi) is 6.40. The maximum absolute atomic E-state index is 11.6. The Morgan fingerprint density at radius 2 is 1.81 bits per heavy atom. The third-order valence-corrected chi connectivity index (χ3v) is 6.92. The van der Waals surface area contributed by atoms with Crippen LogP contribution in [0.15, 0.2) is 91.3 Å². The highest BCUT2D eigenvalue weighted by molar-refractivity contribution is 7.92. The molecule has 0 unspecified atom stereocenters. The van der Waals surface area contributed by atoms with E-state index in [9.17, 15) is 18.3 Å². The number of sulfonamides is 1. The molecule has 2 atom stereocenters. The number of rotatable bonds is 7. The van der Waals surface area contributed by atoms with Crippen LogP contribution in [0.3, 0.4) is 0 Å². The van der Waals surface area contributed by atoms with Crippen LogP contribution in [0.1, 0.15) is 33.8 Å². The molecule has 5 rings (SSSR count). The standard InChI is InChI=1S/C26H23N5O4S2/c1-37(34,35)29-18-10-12-19(13-11-18)31-24(23(28-26(31)36)21-8-2-3-14-27-21)22-9-5-15-30(22)20-7-4-6-17(16-20)25(32)33/h2-16,23-24,29H,1H3,(H,28,36)(H,32,33)/t23-,24-/m0/s1. The number of aromatic nitrogens is 2. The average Bonchev–Trinajstić information content (AvgIpc) is 3.48. The Bertz CT molecular complexity index is 1570. The predicted molar refractivity (Wildman–Crippen MR) is 146 cm³/mol. The molecule has 0 radical (unpaired) electrons. The van der Waals surface area contributed by atoms with Gasteiger partial charge in [-0.1, -0.05) is 12.1 Å². The van der Waals surface area contributed by atoms with Crippen LogP contribution >= 0.6 is 12.2 Å². The number of thiocarbonyl (C=S) groups is 1. The summed E-state index contributed by atoms with van der Waals surface area (Å²) in [6, 6.07) is 22.6. The number of carboxylic acid groups (broad SMARTS) is 1. The summed E-state index contributed by atoms with van der Waals surface area (Å²) in [5.74, 6) is -1.00. The van der Waals surface area contributed by atoms with Crippen LogP contribution in [-0.4, -0.2) is 40.4 Å². The molecule has 37 heavy (non-hydrogen) atoms. The number of hydrogen-bond donors (Lipinski definition) is 3. The molecule has 9 nitrogen and oxygen atoms in total. The zero-order chi connectivity index (χ0) is 26.2. The Balaban J connectivity index is 1.61. The fraction of sp³-hybridized carbons (Fsp3) is 0.115. The minimum Gasteiger partial charge on any atom is -0.478 e. The number of nitrogens with zero attached hydrogens (tertiary/aromatic N) is 3. The largest absolute Gasteiger partial charge is 0.478 e. The number of aromatic carboxylic acids is 1. The van der Waals surface area contributed by atoms with E-state index in [0.29, 0.717) is 16.5 Å². The highest BCUT2D eigenvalue weighted by Gasteiger charge is 2.42. The molecule has 0 saturated carbocycles. The first-order chi connectivity index (χ1) is 17.7. The van der Waals surface area contributed by atoms with Gasteiger partial charge in [-0.3, -0.25) is 9.71 Å². The van der Waals surface area contributed by atoms with Crippen molar-refractivity contribution in [2.45, 2.75) is 12.1 Å². The second-order valence-electron chi connectivity index (χ2n) is 8.58. The minimum atomic E-state index is -3.41. The van der Waals surface area contributed by atoms with E-state index >= 15 is 0 Å². The summed E-state index contributed by atoms with van der Waals surface area (Å²) >= 11 is 5.77. The fourth-order valence-corrected chi connectivity index (χ4v) is 5.41. The molecule has 188 valence electrons. The first kappa shape index (κ1) is 24.5. The third-order valence-electron chi connectivity index (χ3n) is 6.00. The SMILES string of the molecule is CS(=O)(=O)Nc1ccc(N2C(=S)N[C@@H](c3ccccn3)[C@@H]2c2cccn2-c2cccc(C(=O)O)c2)cc1. The van der Waals surface area contributed by atoms with Gasteiger partial charge in [0.1, 0.15) is 6.04 Å². The number of hydrogen-bond acceptors (Lipinski definition) is 5. The van der Waals surface area contributed by atoms with E-state index in [-0.39, 0.29) is 17.6 Å². The van der Waals surface area contributed by atoms with Crippen LogP contribution in [0.25, 0.3) is 5.69 Å². The van der Waals surface area contributed by atoms with Crippen molar-refractivity contribution < 1.29 is 18.3 Å². The van der Waals surface area contributed by atoms with Gasteiger partial charge in [0.15, 0.2) is 5.11 Å². The molecule has 0 aliphatic carbocycles. The van der Waals surface area contributed by atoms with Crippen molar-refractivity contribution in [3.05, 3.63) is 108 Å². The van der Waals surface area contributed by atoms with Gasteiger partial charge in [0, 0.05) is 35.1 Å². The van der Waals surface area contributed by atoms with Gasteiger partial charge < -0.3 is 19.9 Å². The van der Waals surface area contributed by atoms with Crippen LogP contribution < -0.4 is 14.9 Å². The van der Waals surface area contributed by atoms with Gasteiger partial charge >= 0.3 is 5.97 Å².